The summed E-state index contributed by atoms with van der Waals surface area (Å²) < 4.78 is 0. The first-order valence-electron chi connectivity index (χ1n) is 7.04. The smallest absolute Gasteiger partial charge is 0.317 e. The molecule has 7 heteroatoms. The Morgan fingerprint density at radius 2 is 1.62 bits per heavy atom. The minimum absolute atomic E-state index is 0.389. The molecule has 0 radical (unpaired) electrons. The van der Waals surface area contributed by atoms with E-state index in [0.29, 0.717) is 21.3 Å². The Morgan fingerprint density at radius 1 is 1.00 bits per heavy atom. The van der Waals surface area contributed by atoms with E-state index in [1.165, 1.54) is 6.21 Å². The average molecular weight is 364 g/mol. The molecule has 0 atom stereocenters. The highest BCUT2D eigenvalue weighted by Crippen LogP contribution is 2.22. The lowest BCUT2D eigenvalue weighted by atomic mass is 10.1. The van der Waals surface area contributed by atoms with Gasteiger partial charge in [0.05, 0.1) is 16.3 Å². The molecule has 5 nitrogen and oxygen atoms in total. The quantitative estimate of drug-likeness (QED) is 0.495. The number of nitrogens with zero attached hydrogens (tertiary/aromatic N) is 1. The molecule has 0 bridgehead atoms. The number of carbonyl (C=O) groups excluding carboxylic acids is 2. The van der Waals surface area contributed by atoms with Gasteiger partial charge in [0, 0.05) is 11.3 Å². The number of anilines is 1. The zero-order valence-corrected chi connectivity index (χ0v) is 14.6. The monoisotopic (exact) mass is 363 g/mol. The van der Waals surface area contributed by atoms with Gasteiger partial charge >= 0.3 is 11.8 Å². The maximum absolute atomic E-state index is 11.9. The van der Waals surface area contributed by atoms with Crippen molar-refractivity contribution in [2.45, 2.75) is 13.8 Å². The molecule has 2 N–H and O–H groups in total. The van der Waals surface area contributed by atoms with Crippen LogP contribution >= 0.6 is 23.2 Å². The van der Waals surface area contributed by atoms with Crippen molar-refractivity contribution in [1.82, 2.24) is 5.43 Å². The third kappa shape index (κ3) is 4.34. The van der Waals surface area contributed by atoms with Crippen molar-refractivity contribution >= 4 is 46.9 Å². The van der Waals surface area contributed by atoms with Gasteiger partial charge in [-0.1, -0.05) is 41.4 Å². The SMILES string of the molecule is Cc1cccc(NC(=O)C(=O)NN=Cc2c(Cl)cccc2Cl)c1C. The molecule has 2 aromatic carbocycles. The molecule has 0 heterocycles. The van der Waals surface area contributed by atoms with E-state index in [9.17, 15) is 9.59 Å². The van der Waals surface area contributed by atoms with E-state index in [1.54, 1.807) is 30.3 Å². The summed E-state index contributed by atoms with van der Waals surface area (Å²) in [7, 11) is 0. The van der Waals surface area contributed by atoms with Crippen LogP contribution in [0.5, 0.6) is 0 Å². The fourth-order valence-electron chi connectivity index (χ4n) is 1.91. The van der Waals surface area contributed by atoms with Crippen molar-refractivity contribution in [3.05, 3.63) is 63.1 Å². The van der Waals surface area contributed by atoms with E-state index < -0.39 is 11.8 Å². The molecular weight excluding hydrogens is 349 g/mol. The van der Waals surface area contributed by atoms with Crippen LogP contribution < -0.4 is 10.7 Å². The number of halogens is 2. The molecule has 0 saturated carbocycles. The number of hydrogen-bond donors (Lipinski definition) is 2. The van der Waals surface area contributed by atoms with Crippen LogP contribution in [0.2, 0.25) is 10.0 Å². The summed E-state index contributed by atoms with van der Waals surface area (Å²) in [5.41, 5.74) is 5.08. The summed E-state index contributed by atoms with van der Waals surface area (Å²) in [5.74, 6) is -1.71. The van der Waals surface area contributed by atoms with Crippen molar-refractivity contribution in [2.24, 2.45) is 5.10 Å². The fourth-order valence-corrected chi connectivity index (χ4v) is 2.40. The number of amides is 2. The predicted molar refractivity (Wildman–Crippen MR) is 96.7 cm³/mol. The molecule has 124 valence electrons. The zero-order valence-electron chi connectivity index (χ0n) is 13.1. The topological polar surface area (TPSA) is 70.6 Å². The van der Waals surface area contributed by atoms with Crippen molar-refractivity contribution in [2.75, 3.05) is 5.32 Å². The van der Waals surface area contributed by atoms with Gasteiger partial charge in [-0.15, -0.1) is 0 Å². The fraction of sp³-hybridized carbons (Fsp3) is 0.118. The summed E-state index contributed by atoms with van der Waals surface area (Å²) in [6, 6.07) is 10.4. The van der Waals surface area contributed by atoms with Crippen LogP contribution in [0.4, 0.5) is 5.69 Å². The van der Waals surface area contributed by atoms with Crippen LogP contribution in [-0.4, -0.2) is 18.0 Å². The van der Waals surface area contributed by atoms with Crippen molar-refractivity contribution in [1.29, 1.82) is 0 Å². The summed E-state index contributed by atoms with van der Waals surface area (Å²) in [5, 5.41) is 7.04. The second kappa shape index (κ2) is 7.95. The number of nitrogens with one attached hydrogen (secondary N) is 2. The second-order valence-electron chi connectivity index (χ2n) is 5.04. The molecular formula is C17H15Cl2N3O2. The van der Waals surface area contributed by atoms with Gasteiger partial charge in [0.15, 0.2) is 0 Å². The first-order chi connectivity index (χ1) is 11.4. The van der Waals surface area contributed by atoms with E-state index in [4.69, 9.17) is 23.2 Å². The van der Waals surface area contributed by atoms with Gasteiger partial charge in [0.25, 0.3) is 0 Å². The van der Waals surface area contributed by atoms with Gasteiger partial charge < -0.3 is 5.32 Å². The largest absolute Gasteiger partial charge is 0.329 e. The van der Waals surface area contributed by atoms with Crippen LogP contribution in [0.1, 0.15) is 16.7 Å². The van der Waals surface area contributed by atoms with E-state index in [-0.39, 0.29) is 0 Å². The minimum atomic E-state index is -0.893. The Hall–Kier alpha value is -2.37. The van der Waals surface area contributed by atoms with E-state index in [0.717, 1.165) is 11.1 Å². The first kappa shape index (κ1) is 18.0. The van der Waals surface area contributed by atoms with Gasteiger partial charge in [-0.25, -0.2) is 5.43 Å². The number of hydrazone groups is 1. The summed E-state index contributed by atoms with van der Waals surface area (Å²) in [6.07, 6.45) is 1.29. The average Bonchev–Trinajstić information content (AvgIpc) is 2.54. The number of carbonyl (C=O) groups is 2. The maximum atomic E-state index is 11.9. The Labute approximate surface area is 149 Å². The minimum Gasteiger partial charge on any atom is -0.317 e. The van der Waals surface area contributed by atoms with Crippen LogP contribution in [0.15, 0.2) is 41.5 Å². The molecule has 0 aliphatic carbocycles. The Morgan fingerprint density at radius 3 is 2.29 bits per heavy atom. The molecule has 0 unspecified atom stereocenters. The molecule has 0 aromatic heterocycles. The number of aryl methyl sites for hydroxylation is 1. The highest BCUT2D eigenvalue weighted by atomic mass is 35.5. The highest BCUT2D eigenvalue weighted by Gasteiger charge is 2.14. The van der Waals surface area contributed by atoms with Crippen LogP contribution in [0, 0.1) is 13.8 Å². The number of rotatable bonds is 3. The molecule has 0 saturated heterocycles. The van der Waals surface area contributed by atoms with Gasteiger partial charge in [-0.05, 0) is 43.2 Å². The van der Waals surface area contributed by atoms with Crippen molar-refractivity contribution < 1.29 is 9.59 Å². The lowest BCUT2D eigenvalue weighted by Gasteiger charge is -2.09. The zero-order chi connectivity index (χ0) is 17.7. The lowest BCUT2D eigenvalue weighted by Crippen LogP contribution is -2.32. The highest BCUT2D eigenvalue weighted by molar-refractivity contribution is 6.40. The van der Waals surface area contributed by atoms with Crippen molar-refractivity contribution in [3.63, 3.8) is 0 Å². The van der Waals surface area contributed by atoms with Gasteiger partial charge in [-0.2, -0.15) is 5.10 Å². The molecule has 0 fully saturated rings. The Kier molecular flexibility index (Phi) is 5.95. The van der Waals surface area contributed by atoms with E-state index in [1.807, 2.05) is 19.9 Å². The van der Waals surface area contributed by atoms with Crippen molar-refractivity contribution in [3.8, 4) is 0 Å². The van der Waals surface area contributed by atoms with Gasteiger partial charge in [0.1, 0.15) is 0 Å². The molecule has 0 aliphatic heterocycles. The third-order valence-corrected chi connectivity index (χ3v) is 4.08. The summed E-state index contributed by atoms with van der Waals surface area (Å²) in [4.78, 5) is 23.7. The van der Waals surface area contributed by atoms with Crippen LogP contribution in [-0.2, 0) is 9.59 Å². The first-order valence-corrected chi connectivity index (χ1v) is 7.80. The molecule has 2 rings (SSSR count). The maximum Gasteiger partial charge on any atom is 0.329 e. The number of hydrogen-bond acceptors (Lipinski definition) is 3. The molecule has 0 aliphatic rings. The summed E-state index contributed by atoms with van der Waals surface area (Å²) in [6.45, 7) is 3.78. The molecule has 2 amide bonds. The Bertz CT molecular complexity index is 799. The van der Waals surface area contributed by atoms with E-state index in [2.05, 4.69) is 15.8 Å². The number of benzene rings is 2. The van der Waals surface area contributed by atoms with Crippen LogP contribution in [0.25, 0.3) is 0 Å². The van der Waals surface area contributed by atoms with Gasteiger partial charge in [-0.3, -0.25) is 9.59 Å². The Balaban J connectivity index is 2.01. The standard InChI is InChI=1S/C17H15Cl2N3O2/c1-10-5-3-8-15(11(10)2)21-16(23)17(24)22-20-9-12-13(18)6-4-7-14(12)19/h3-9H,1-2H3,(H,21,23)(H,22,24). The van der Waals surface area contributed by atoms with E-state index >= 15 is 0 Å². The normalized spacial score (nSPS) is 10.7. The predicted octanol–water partition coefficient (Wildman–Crippen LogP) is 3.70. The van der Waals surface area contributed by atoms with Crippen LogP contribution in [0.3, 0.4) is 0 Å². The third-order valence-electron chi connectivity index (χ3n) is 3.42. The molecule has 0 spiro atoms. The lowest BCUT2D eigenvalue weighted by molar-refractivity contribution is -0.136. The van der Waals surface area contributed by atoms with Gasteiger partial charge in [0.2, 0.25) is 0 Å². The molecule has 2 aromatic rings. The molecule has 24 heavy (non-hydrogen) atoms. The second-order valence-corrected chi connectivity index (χ2v) is 5.85. The summed E-state index contributed by atoms with van der Waals surface area (Å²) >= 11 is 12.0.